The number of anilines is 1. The first-order valence-electron chi connectivity index (χ1n) is 8.72. The lowest BCUT2D eigenvalue weighted by molar-refractivity contribution is -0.384. The summed E-state index contributed by atoms with van der Waals surface area (Å²) in [6.45, 7) is 1.66. The SMILES string of the molecule is CCOC(=O)CO[C@@H]1C=C[C@H](Nc2nc(SCCC(F)(F)F)nc(Cl)c2[N+](=O)[O-])C1. The predicted molar refractivity (Wildman–Crippen MR) is 103 cm³/mol. The maximum Gasteiger partial charge on any atom is 0.389 e. The topological polar surface area (TPSA) is 116 Å². The Morgan fingerprint density at radius 3 is 2.80 bits per heavy atom. The van der Waals surface area contributed by atoms with E-state index < -0.39 is 46.5 Å². The van der Waals surface area contributed by atoms with Crippen LogP contribution in [-0.2, 0) is 14.3 Å². The second-order valence-corrected chi connectivity index (χ2v) is 7.41. The third-order valence-corrected chi connectivity index (χ3v) is 4.82. The maximum atomic E-state index is 12.3. The van der Waals surface area contributed by atoms with Crippen molar-refractivity contribution >= 4 is 40.8 Å². The second kappa shape index (κ2) is 10.8. The number of rotatable bonds is 10. The molecule has 1 aromatic rings. The van der Waals surface area contributed by atoms with Crippen LogP contribution in [0.3, 0.4) is 0 Å². The first-order valence-corrected chi connectivity index (χ1v) is 10.1. The fraction of sp³-hybridized carbons (Fsp3) is 0.562. The van der Waals surface area contributed by atoms with Gasteiger partial charge in [0.05, 0.1) is 24.1 Å². The first-order chi connectivity index (χ1) is 14.1. The minimum atomic E-state index is -4.34. The molecule has 0 unspecified atom stereocenters. The van der Waals surface area contributed by atoms with Gasteiger partial charge in [0.25, 0.3) is 0 Å². The molecule has 14 heteroatoms. The Morgan fingerprint density at radius 2 is 2.17 bits per heavy atom. The molecule has 1 aliphatic rings. The smallest absolute Gasteiger partial charge is 0.389 e. The highest BCUT2D eigenvalue weighted by Crippen LogP contribution is 2.34. The zero-order valence-corrected chi connectivity index (χ0v) is 17.2. The zero-order valence-electron chi connectivity index (χ0n) is 15.6. The molecule has 0 radical (unpaired) electrons. The summed E-state index contributed by atoms with van der Waals surface area (Å²) in [7, 11) is 0. The lowest BCUT2D eigenvalue weighted by Crippen LogP contribution is -2.22. The van der Waals surface area contributed by atoms with Crippen LogP contribution >= 0.6 is 23.4 Å². The summed E-state index contributed by atoms with van der Waals surface area (Å²) in [5, 5.41) is 13.6. The van der Waals surface area contributed by atoms with E-state index in [-0.39, 0.29) is 29.9 Å². The molecule has 166 valence electrons. The fourth-order valence-corrected chi connectivity index (χ4v) is 3.56. The van der Waals surface area contributed by atoms with Crippen molar-refractivity contribution in [1.29, 1.82) is 0 Å². The molecule has 0 spiro atoms. The summed E-state index contributed by atoms with van der Waals surface area (Å²) in [4.78, 5) is 29.6. The molecule has 0 saturated carbocycles. The molecule has 0 fully saturated rings. The highest BCUT2D eigenvalue weighted by atomic mass is 35.5. The van der Waals surface area contributed by atoms with E-state index in [0.717, 1.165) is 0 Å². The number of esters is 1. The average Bonchev–Trinajstić information content (AvgIpc) is 3.06. The van der Waals surface area contributed by atoms with Crippen molar-refractivity contribution in [3.63, 3.8) is 0 Å². The number of hydrogen-bond acceptors (Lipinski definition) is 9. The van der Waals surface area contributed by atoms with Crippen LogP contribution in [0.1, 0.15) is 19.8 Å². The first kappa shape index (κ1) is 24.2. The van der Waals surface area contributed by atoms with Crippen molar-refractivity contribution in [2.75, 3.05) is 24.3 Å². The lowest BCUT2D eigenvalue weighted by atomic mass is 10.2. The number of nitrogens with one attached hydrogen (secondary N) is 1. The summed E-state index contributed by atoms with van der Waals surface area (Å²) >= 11 is 6.55. The quantitative estimate of drug-likeness (QED) is 0.104. The van der Waals surface area contributed by atoms with E-state index in [0.29, 0.717) is 18.2 Å². The molecule has 30 heavy (non-hydrogen) atoms. The molecule has 1 heterocycles. The molecule has 0 amide bonds. The average molecular weight is 471 g/mol. The number of halogens is 4. The van der Waals surface area contributed by atoms with Gasteiger partial charge in [-0.2, -0.15) is 18.2 Å². The van der Waals surface area contributed by atoms with E-state index in [1.165, 1.54) is 0 Å². The summed E-state index contributed by atoms with van der Waals surface area (Å²) in [5.74, 6) is -1.08. The van der Waals surface area contributed by atoms with Gasteiger partial charge in [-0.3, -0.25) is 10.1 Å². The number of carbonyl (C=O) groups excluding carboxylic acids is 1. The van der Waals surface area contributed by atoms with Gasteiger partial charge in [0.15, 0.2) is 5.16 Å². The molecular weight excluding hydrogens is 453 g/mol. The standard InChI is InChI=1S/C16H18ClF3N4O5S/c1-2-28-11(25)8-29-10-4-3-9(7-10)21-14-12(24(26)27)13(17)22-15(23-14)30-6-5-16(18,19)20/h3-4,9-10H,2,5-8H2,1H3,(H,21,22,23)/t9-,10+/m0/s1. The van der Waals surface area contributed by atoms with Crippen molar-refractivity contribution in [2.24, 2.45) is 0 Å². The van der Waals surface area contributed by atoms with Gasteiger partial charge in [0.1, 0.15) is 6.61 Å². The van der Waals surface area contributed by atoms with E-state index >= 15 is 0 Å². The van der Waals surface area contributed by atoms with Gasteiger partial charge in [-0.1, -0.05) is 35.5 Å². The highest BCUT2D eigenvalue weighted by molar-refractivity contribution is 7.99. The van der Waals surface area contributed by atoms with Crippen molar-refractivity contribution in [2.45, 2.75) is 43.2 Å². The van der Waals surface area contributed by atoms with E-state index in [1.54, 1.807) is 19.1 Å². The predicted octanol–water partition coefficient (Wildman–Crippen LogP) is 3.77. The van der Waals surface area contributed by atoms with Crippen LogP contribution in [0.5, 0.6) is 0 Å². The molecule has 0 aromatic carbocycles. The summed E-state index contributed by atoms with van der Waals surface area (Å²) < 4.78 is 47.1. The van der Waals surface area contributed by atoms with Gasteiger partial charge >= 0.3 is 17.8 Å². The summed E-state index contributed by atoms with van der Waals surface area (Å²) in [6, 6.07) is -0.435. The number of aromatic nitrogens is 2. The Bertz CT molecular complexity index is 812. The maximum absolute atomic E-state index is 12.3. The minimum absolute atomic E-state index is 0.116. The largest absolute Gasteiger partial charge is 0.464 e. The Hall–Kier alpha value is -2.12. The van der Waals surface area contributed by atoms with Crippen molar-refractivity contribution in [1.82, 2.24) is 9.97 Å². The van der Waals surface area contributed by atoms with Gasteiger partial charge in [-0.15, -0.1) is 0 Å². The van der Waals surface area contributed by atoms with Gasteiger partial charge < -0.3 is 14.8 Å². The van der Waals surface area contributed by atoms with Crippen molar-refractivity contribution < 1.29 is 32.4 Å². The molecular formula is C16H18ClF3N4O5S. The monoisotopic (exact) mass is 470 g/mol. The van der Waals surface area contributed by atoms with E-state index in [1.807, 2.05) is 0 Å². The van der Waals surface area contributed by atoms with Crippen LogP contribution in [0.2, 0.25) is 5.15 Å². The van der Waals surface area contributed by atoms with E-state index in [2.05, 4.69) is 15.3 Å². The molecule has 1 aliphatic carbocycles. The molecule has 9 nitrogen and oxygen atoms in total. The molecule has 0 aliphatic heterocycles. The van der Waals surface area contributed by atoms with Crippen LogP contribution in [-0.4, -0.2) is 58.1 Å². The van der Waals surface area contributed by atoms with E-state index in [4.69, 9.17) is 21.1 Å². The highest BCUT2D eigenvalue weighted by Gasteiger charge is 2.29. The van der Waals surface area contributed by atoms with Gasteiger partial charge in [-0.05, 0) is 6.92 Å². The Labute approximate surface area is 178 Å². The lowest BCUT2D eigenvalue weighted by Gasteiger charge is -2.15. The summed E-state index contributed by atoms with van der Waals surface area (Å²) in [5.41, 5.74) is -0.582. The third-order valence-electron chi connectivity index (χ3n) is 3.71. The number of carbonyl (C=O) groups is 1. The van der Waals surface area contributed by atoms with Crippen LogP contribution in [0.25, 0.3) is 0 Å². The number of nitrogens with zero attached hydrogens (tertiary/aromatic N) is 3. The number of alkyl halides is 3. The minimum Gasteiger partial charge on any atom is -0.464 e. The van der Waals surface area contributed by atoms with Crippen LogP contribution in [0, 0.1) is 10.1 Å². The normalized spacial score (nSPS) is 18.4. The van der Waals surface area contributed by atoms with E-state index in [9.17, 15) is 28.1 Å². The van der Waals surface area contributed by atoms with Crippen LogP contribution < -0.4 is 5.32 Å². The number of ether oxygens (including phenoxy) is 2. The zero-order chi connectivity index (χ0) is 22.3. The van der Waals surface area contributed by atoms with Crippen molar-refractivity contribution in [3.8, 4) is 0 Å². The fourth-order valence-electron chi connectivity index (χ4n) is 2.44. The van der Waals surface area contributed by atoms with Crippen LogP contribution in [0.4, 0.5) is 24.7 Å². The number of hydrogen-bond donors (Lipinski definition) is 1. The molecule has 2 atom stereocenters. The third kappa shape index (κ3) is 7.61. The number of thioether (sulfide) groups is 1. The molecule has 1 N–H and O–H groups in total. The van der Waals surface area contributed by atoms with Crippen molar-refractivity contribution in [3.05, 3.63) is 27.4 Å². The van der Waals surface area contributed by atoms with Crippen LogP contribution in [0.15, 0.2) is 17.3 Å². The molecule has 0 bridgehead atoms. The summed E-state index contributed by atoms with van der Waals surface area (Å²) in [6.07, 6.45) is -2.15. The van der Waals surface area contributed by atoms with Gasteiger partial charge in [-0.25, -0.2) is 9.78 Å². The Morgan fingerprint density at radius 1 is 1.43 bits per heavy atom. The van der Waals surface area contributed by atoms with Gasteiger partial charge in [0.2, 0.25) is 11.0 Å². The Balaban J connectivity index is 2.04. The second-order valence-electron chi connectivity index (χ2n) is 5.99. The molecule has 2 rings (SSSR count). The Kier molecular flexibility index (Phi) is 8.67. The van der Waals surface area contributed by atoms with Gasteiger partial charge in [0, 0.05) is 18.2 Å². The molecule has 0 saturated heterocycles. The molecule has 1 aromatic heterocycles. The number of nitro groups is 1.